The van der Waals surface area contributed by atoms with Crippen LogP contribution in [0.4, 0.5) is 5.69 Å². The van der Waals surface area contributed by atoms with Crippen molar-refractivity contribution in [2.45, 2.75) is 39.8 Å². The van der Waals surface area contributed by atoms with E-state index in [0.29, 0.717) is 20.5 Å². The highest BCUT2D eigenvalue weighted by Crippen LogP contribution is 2.33. The Hall–Kier alpha value is -2.03. The first-order chi connectivity index (χ1) is 13.9. The van der Waals surface area contributed by atoms with Gasteiger partial charge in [-0.15, -0.1) is 0 Å². The normalized spacial score (nSPS) is 13.6. The van der Waals surface area contributed by atoms with E-state index in [0.717, 1.165) is 5.57 Å². The van der Waals surface area contributed by atoms with Gasteiger partial charge in [0.25, 0.3) is 5.56 Å². The summed E-state index contributed by atoms with van der Waals surface area (Å²) in [6.07, 6.45) is 4.98. The Labute approximate surface area is 193 Å². The molecule has 0 fully saturated rings. The van der Waals surface area contributed by atoms with Crippen LogP contribution in [0.25, 0.3) is 0 Å². The third-order valence-electron chi connectivity index (χ3n) is 4.38. The van der Waals surface area contributed by atoms with Crippen LogP contribution in [0, 0.1) is 0 Å². The number of carbonyl (C=O) groups is 1. The number of anilines is 1. The van der Waals surface area contributed by atoms with Crippen LogP contribution in [0.1, 0.15) is 56.0 Å². The Kier molecular flexibility index (Phi) is 7.96. The first-order valence-corrected chi connectivity index (χ1v) is 10.6. The second kappa shape index (κ2) is 9.85. The lowest BCUT2D eigenvalue weighted by molar-refractivity contribution is 0.0689. The predicted molar refractivity (Wildman–Crippen MR) is 124 cm³/mol. The molecule has 1 unspecified atom stereocenters. The molecular formula is C20H23BrCl2N4O3. The second-order valence-electron chi connectivity index (χ2n) is 7.11. The Bertz CT molecular complexity index is 1080. The number of imidazole rings is 1. The van der Waals surface area contributed by atoms with Gasteiger partial charge in [0.1, 0.15) is 5.69 Å². The van der Waals surface area contributed by atoms with E-state index in [-0.39, 0.29) is 23.0 Å². The molecule has 0 radical (unpaired) electrons. The smallest absolute Gasteiger partial charge is 0.356 e. The molecule has 0 amide bonds. The molecule has 7 nitrogen and oxygen atoms in total. The summed E-state index contributed by atoms with van der Waals surface area (Å²) < 4.78 is 3.51. The minimum Gasteiger partial charge on any atom is -0.476 e. The molecule has 2 rings (SSSR count). The van der Waals surface area contributed by atoms with E-state index in [9.17, 15) is 14.7 Å². The van der Waals surface area contributed by atoms with Crippen molar-refractivity contribution in [2.24, 2.45) is 7.05 Å². The van der Waals surface area contributed by atoms with Crippen LogP contribution in [0.3, 0.4) is 0 Å². The molecule has 2 N–H and O–H groups in total. The number of carboxylic acid groups (broad SMARTS) is 1. The van der Waals surface area contributed by atoms with Gasteiger partial charge >= 0.3 is 5.97 Å². The van der Waals surface area contributed by atoms with Crippen LogP contribution in [0.2, 0.25) is 5.02 Å². The number of allylic oxidation sites excluding steroid dienone is 3. The van der Waals surface area contributed by atoms with Gasteiger partial charge in [-0.2, -0.15) is 0 Å². The van der Waals surface area contributed by atoms with Gasteiger partial charge in [0.05, 0.1) is 16.8 Å². The molecule has 10 heteroatoms. The number of aryl methyl sites for hydroxylation is 1. The fourth-order valence-corrected chi connectivity index (χ4v) is 4.11. The van der Waals surface area contributed by atoms with Gasteiger partial charge in [0.2, 0.25) is 0 Å². The third-order valence-corrected chi connectivity index (χ3v) is 5.27. The molecule has 30 heavy (non-hydrogen) atoms. The lowest BCUT2D eigenvalue weighted by atomic mass is 10.0. The van der Waals surface area contributed by atoms with E-state index in [2.05, 4.69) is 26.2 Å². The average molecular weight is 518 g/mol. The van der Waals surface area contributed by atoms with Crippen molar-refractivity contribution >= 4 is 50.8 Å². The molecule has 2 aromatic rings. The van der Waals surface area contributed by atoms with Gasteiger partial charge in [0, 0.05) is 24.3 Å². The van der Waals surface area contributed by atoms with E-state index in [1.807, 2.05) is 20.8 Å². The van der Waals surface area contributed by atoms with Crippen LogP contribution in [-0.2, 0) is 7.05 Å². The number of pyridine rings is 1. The van der Waals surface area contributed by atoms with E-state index in [1.54, 1.807) is 30.7 Å². The monoisotopic (exact) mass is 516 g/mol. The maximum atomic E-state index is 12.7. The first kappa shape index (κ1) is 24.2. The van der Waals surface area contributed by atoms with E-state index >= 15 is 0 Å². The molecule has 0 aliphatic carbocycles. The fourth-order valence-electron chi connectivity index (χ4n) is 3.01. The number of rotatable bonds is 7. The maximum Gasteiger partial charge on any atom is 0.356 e. The summed E-state index contributed by atoms with van der Waals surface area (Å²) >= 11 is 15.5. The van der Waals surface area contributed by atoms with Gasteiger partial charge in [-0.1, -0.05) is 29.3 Å². The zero-order chi connectivity index (χ0) is 22.7. The van der Waals surface area contributed by atoms with Crippen molar-refractivity contribution in [1.82, 2.24) is 14.1 Å². The van der Waals surface area contributed by atoms with Crippen molar-refractivity contribution < 1.29 is 9.90 Å². The summed E-state index contributed by atoms with van der Waals surface area (Å²) in [5.74, 6) is -1.17. The van der Waals surface area contributed by atoms with Crippen LogP contribution in [0.5, 0.6) is 0 Å². The number of hydrogen-bond donors (Lipinski definition) is 2. The predicted octanol–water partition coefficient (Wildman–Crippen LogP) is 5.52. The summed E-state index contributed by atoms with van der Waals surface area (Å²) in [5.41, 5.74) is 0.951. The van der Waals surface area contributed by atoms with Crippen molar-refractivity contribution in [3.8, 4) is 0 Å². The Balaban J connectivity index is 2.79. The van der Waals surface area contributed by atoms with Crippen LogP contribution >= 0.6 is 39.1 Å². The molecule has 162 valence electrons. The van der Waals surface area contributed by atoms with Crippen LogP contribution < -0.4 is 10.9 Å². The molecule has 0 saturated heterocycles. The molecule has 0 bridgehead atoms. The lowest BCUT2D eigenvalue weighted by Gasteiger charge is -2.25. The van der Waals surface area contributed by atoms with Gasteiger partial charge in [-0.05, 0) is 61.3 Å². The topological polar surface area (TPSA) is 89.2 Å². The SMILES string of the molecule is C/C(Cl)=C\C=C(/C)C(Nc1cc(Cl)cn(C)c1=O)c1c(C(=O)O)nc(Br)n1C(C)C. The minimum atomic E-state index is -1.17. The van der Waals surface area contributed by atoms with Crippen molar-refractivity contribution in [3.05, 3.63) is 66.5 Å². The summed E-state index contributed by atoms with van der Waals surface area (Å²) in [6, 6.07) is 0.730. The molecule has 0 aliphatic heterocycles. The van der Waals surface area contributed by atoms with Gasteiger partial charge in [-0.25, -0.2) is 9.78 Å². The van der Waals surface area contributed by atoms with Crippen molar-refractivity contribution in [3.63, 3.8) is 0 Å². The molecule has 0 saturated carbocycles. The van der Waals surface area contributed by atoms with Gasteiger partial charge in [-0.3, -0.25) is 4.79 Å². The minimum absolute atomic E-state index is 0.0976. The fraction of sp³-hybridized carbons (Fsp3) is 0.350. The van der Waals surface area contributed by atoms with Crippen LogP contribution in [0.15, 0.2) is 44.5 Å². The molecule has 0 aromatic carbocycles. The highest BCUT2D eigenvalue weighted by molar-refractivity contribution is 9.10. The highest BCUT2D eigenvalue weighted by atomic mass is 79.9. The molecule has 2 aromatic heterocycles. The number of nitrogens with zero attached hydrogens (tertiary/aromatic N) is 3. The summed E-state index contributed by atoms with van der Waals surface area (Å²) in [4.78, 5) is 28.8. The zero-order valence-corrected chi connectivity index (χ0v) is 20.3. The van der Waals surface area contributed by atoms with Gasteiger partial charge in [0.15, 0.2) is 10.4 Å². The summed E-state index contributed by atoms with van der Waals surface area (Å²) in [7, 11) is 1.59. The highest BCUT2D eigenvalue weighted by Gasteiger charge is 2.30. The zero-order valence-electron chi connectivity index (χ0n) is 17.2. The quantitative estimate of drug-likeness (QED) is 0.472. The van der Waals surface area contributed by atoms with Crippen molar-refractivity contribution in [1.29, 1.82) is 0 Å². The Morgan fingerprint density at radius 2 is 1.97 bits per heavy atom. The number of carboxylic acids is 1. The molecule has 2 heterocycles. The number of hydrogen-bond acceptors (Lipinski definition) is 4. The molecule has 1 atom stereocenters. The molecule has 0 aliphatic rings. The standard InChI is InChI=1S/C20H23BrCl2N4O3/c1-10(2)27-17(16(19(29)30)25-20(27)21)15(11(3)6-7-12(4)22)24-14-8-13(23)9-26(5)18(14)28/h6-10,15,24H,1-5H3,(H,29,30)/b11-6+,12-7+. The number of aromatic nitrogens is 3. The second-order valence-corrected chi connectivity index (χ2v) is 8.86. The Morgan fingerprint density at radius 1 is 1.33 bits per heavy atom. The Morgan fingerprint density at radius 3 is 2.50 bits per heavy atom. The van der Waals surface area contributed by atoms with Crippen LogP contribution in [-0.4, -0.2) is 25.2 Å². The maximum absolute atomic E-state index is 12.7. The number of nitrogens with one attached hydrogen (secondary N) is 1. The van der Waals surface area contributed by atoms with E-state index in [4.69, 9.17) is 23.2 Å². The van der Waals surface area contributed by atoms with E-state index < -0.39 is 12.0 Å². The summed E-state index contributed by atoms with van der Waals surface area (Å²) in [5, 5.41) is 13.9. The number of aromatic carboxylic acids is 1. The van der Waals surface area contributed by atoms with Gasteiger partial charge < -0.3 is 19.6 Å². The molecule has 0 spiro atoms. The van der Waals surface area contributed by atoms with E-state index in [1.165, 1.54) is 16.8 Å². The van der Waals surface area contributed by atoms with Crippen molar-refractivity contribution in [2.75, 3.05) is 5.32 Å². The largest absolute Gasteiger partial charge is 0.476 e. The number of halogens is 3. The lowest BCUT2D eigenvalue weighted by Crippen LogP contribution is -2.26. The molecular weight excluding hydrogens is 495 g/mol. The summed E-state index contributed by atoms with van der Waals surface area (Å²) in [6.45, 7) is 7.39. The first-order valence-electron chi connectivity index (χ1n) is 9.08. The average Bonchev–Trinajstić information content (AvgIpc) is 2.98. The third kappa shape index (κ3) is 5.36.